The van der Waals surface area contributed by atoms with Crippen LogP contribution in [0.3, 0.4) is 0 Å². The Morgan fingerprint density at radius 1 is 1.04 bits per heavy atom. The van der Waals surface area contributed by atoms with Crippen LogP contribution in [0.25, 0.3) is 23.4 Å². The molecule has 6 heteroatoms. The third-order valence-electron chi connectivity index (χ3n) is 3.19. The van der Waals surface area contributed by atoms with Gasteiger partial charge >= 0.3 is 0 Å². The van der Waals surface area contributed by atoms with Crippen LogP contribution in [0, 0.1) is 0 Å². The average Bonchev–Trinajstić information content (AvgIpc) is 3.06. The van der Waals surface area contributed by atoms with Crippen LogP contribution in [0.4, 0.5) is 0 Å². The maximum absolute atomic E-state index is 11.5. The molecule has 4 nitrogen and oxygen atoms in total. The molecule has 0 aliphatic carbocycles. The van der Waals surface area contributed by atoms with Crippen LogP contribution in [0.2, 0.25) is 0 Å². The average molecular weight is 342 g/mol. The summed E-state index contributed by atoms with van der Waals surface area (Å²) in [6, 6.07) is 10.7. The smallest absolute Gasteiger partial charge is 0.175 e. The van der Waals surface area contributed by atoms with Crippen molar-refractivity contribution >= 4 is 33.3 Å². The van der Waals surface area contributed by atoms with Gasteiger partial charge in [-0.15, -0.1) is 11.3 Å². The molecule has 0 N–H and O–H groups in total. The van der Waals surface area contributed by atoms with E-state index in [1.54, 1.807) is 48.0 Å². The first-order valence-corrected chi connectivity index (χ1v) is 9.63. The lowest BCUT2D eigenvalue weighted by atomic mass is 10.1. The standard InChI is InChI=1S/C17H14N2O2S2/c1-23(20,21)16-8-4-13(5-9-16)17-12-18-11-14(19-17)6-7-15-3-2-10-22-15/h2-12H,1H3/b7-6+. The van der Waals surface area contributed by atoms with Gasteiger partial charge in [-0.25, -0.2) is 13.4 Å². The molecule has 0 radical (unpaired) electrons. The Morgan fingerprint density at radius 3 is 2.48 bits per heavy atom. The first-order chi connectivity index (χ1) is 11.0. The van der Waals surface area contributed by atoms with Crippen molar-refractivity contribution in [2.45, 2.75) is 4.90 Å². The van der Waals surface area contributed by atoms with E-state index in [0.717, 1.165) is 16.1 Å². The highest BCUT2D eigenvalue weighted by Crippen LogP contribution is 2.20. The monoisotopic (exact) mass is 342 g/mol. The molecule has 0 atom stereocenters. The molecule has 0 aliphatic heterocycles. The minimum atomic E-state index is -3.19. The molecule has 116 valence electrons. The quantitative estimate of drug-likeness (QED) is 0.724. The van der Waals surface area contributed by atoms with Gasteiger partial charge in [0.05, 0.1) is 28.7 Å². The van der Waals surface area contributed by atoms with Gasteiger partial charge in [-0.3, -0.25) is 4.98 Å². The lowest BCUT2D eigenvalue weighted by molar-refractivity contribution is 0.602. The van der Waals surface area contributed by atoms with Crippen molar-refractivity contribution in [1.82, 2.24) is 9.97 Å². The molecule has 0 saturated carbocycles. The number of thiophene rings is 1. The van der Waals surface area contributed by atoms with Crippen molar-refractivity contribution in [1.29, 1.82) is 0 Å². The number of nitrogens with zero attached hydrogens (tertiary/aromatic N) is 2. The molecule has 1 aromatic carbocycles. The van der Waals surface area contributed by atoms with E-state index in [2.05, 4.69) is 9.97 Å². The van der Waals surface area contributed by atoms with Crippen LogP contribution in [-0.4, -0.2) is 24.6 Å². The summed E-state index contributed by atoms with van der Waals surface area (Å²) in [6.45, 7) is 0. The van der Waals surface area contributed by atoms with Gasteiger partial charge in [-0.05, 0) is 35.7 Å². The van der Waals surface area contributed by atoms with Crippen LogP contribution >= 0.6 is 11.3 Å². The Morgan fingerprint density at radius 2 is 1.83 bits per heavy atom. The van der Waals surface area contributed by atoms with Crippen molar-refractivity contribution in [3.63, 3.8) is 0 Å². The second-order valence-electron chi connectivity index (χ2n) is 4.97. The molecule has 0 spiro atoms. The summed E-state index contributed by atoms with van der Waals surface area (Å²) in [4.78, 5) is 10.2. The van der Waals surface area contributed by atoms with E-state index in [4.69, 9.17) is 0 Å². The molecule has 3 rings (SSSR count). The summed E-state index contributed by atoms with van der Waals surface area (Å²) < 4.78 is 23.0. The predicted octanol–water partition coefficient (Wildman–Crippen LogP) is 3.78. The van der Waals surface area contributed by atoms with E-state index in [0.29, 0.717) is 10.6 Å². The highest BCUT2D eigenvalue weighted by atomic mass is 32.2. The summed E-state index contributed by atoms with van der Waals surface area (Å²) in [5.74, 6) is 0. The molecule has 0 unspecified atom stereocenters. The number of aromatic nitrogens is 2. The van der Waals surface area contributed by atoms with E-state index in [-0.39, 0.29) is 0 Å². The van der Waals surface area contributed by atoms with Crippen molar-refractivity contribution < 1.29 is 8.42 Å². The van der Waals surface area contributed by atoms with Gasteiger partial charge in [0.2, 0.25) is 0 Å². The zero-order chi connectivity index (χ0) is 16.3. The first kappa shape index (κ1) is 15.6. The second-order valence-corrected chi connectivity index (χ2v) is 7.97. The summed E-state index contributed by atoms with van der Waals surface area (Å²) in [5.41, 5.74) is 2.29. The SMILES string of the molecule is CS(=O)(=O)c1ccc(-c2cncc(/C=C/c3cccs3)n2)cc1. The van der Waals surface area contributed by atoms with E-state index < -0.39 is 9.84 Å². The maximum atomic E-state index is 11.5. The van der Waals surface area contributed by atoms with Gasteiger partial charge in [0.15, 0.2) is 9.84 Å². The van der Waals surface area contributed by atoms with Gasteiger partial charge in [-0.2, -0.15) is 0 Å². The van der Waals surface area contributed by atoms with Crippen molar-refractivity contribution in [3.05, 3.63) is 64.7 Å². The number of sulfone groups is 1. The number of hydrogen-bond donors (Lipinski definition) is 0. The Labute approximate surface area is 139 Å². The van der Waals surface area contributed by atoms with Crippen LogP contribution in [-0.2, 0) is 9.84 Å². The first-order valence-electron chi connectivity index (χ1n) is 6.86. The summed E-state index contributed by atoms with van der Waals surface area (Å²) in [5, 5.41) is 2.02. The van der Waals surface area contributed by atoms with E-state index >= 15 is 0 Å². The van der Waals surface area contributed by atoms with Gasteiger partial charge in [0.1, 0.15) is 0 Å². The van der Waals surface area contributed by atoms with E-state index in [9.17, 15) is 8.42 Å². The van der Waals surface area contributed by atoms with Crippen molar-refractivity contribution in [2.75, 3.05) is 6.26 Å². The van der Waals surface area contributed by atoms with Crippen LogP contribution in [0.15, 0.2) is 59.1 Å². The summed E-state index contributed by atoms with van der Waals surface area (Å²) in [6.07, 6.45) is 8.45. The molecule has 0 fully saturated rings. The summed E-state index contributed by atoms with van der Waals surface area (Å²) in [7, 11) is -3.19. The number of hydrogen-bond acceptors (Lipinski definition) is 5. The Kier molecular flexibility index (Phi) is 4.36. The van der Waals surface area contributed by atoms with Crippen LogP contribution in [0.1, 0.15) is 10.6 Å². The fourth-order valence-electron chi connectivity index (χ4n) is 2.03. The minimum absolute atomic E-state index is 0.294. The van der Waals surface area contributed by atoms with Gasteiger partial charge in [0.25, 0.3) is 0 Å². The molecule has 3 aromatic rings. The van der Waals surface area contributed by atoms with Crippen LogP contribution in [0.5, 0.6) is 0 Å². The van der Waals surface area contributed by atoms with Crippen molar-refractivity contribution in [2.24, 2.45) is 0 Å². The zero-order valence-electron chi connectivity index (χ0n) is 12.4. The molecule has 0 saturated heterocycles. The zero-order valence-corrected chi connectivity index (χ0v) is 14.0. The second kappa shape index (κ2) is 6.44. The topological polar surface area (TPSA) is 59.9 Å². The molecule has 0 bridgehead atoms. The Balaban J connectivity index is 1.87. The highest BCUT2D eigenvalue weighted by Gasteiger charge is 2.07. The summed E-state index contributed by atoms with van der Waals surface area (Å²) >= 11 is 1.65. The third kappa shape index (κ3) is 3.91. The van der Waals surface area contributed by atoms with E-state index in [1.807, 2.05) is 29.7 Å². The molecular formula is C17H14N2O2S2. The molecule has 23 heavy (non-hydrogen) atoms. The van der Waals surface area contributed by atoms with Crippen molar-refractivity contribution in [3.8, 4) is 11.3 Å². The molecular weight excluding hydrogens is 328 g/mol. The fourth-order valence-corrected chi connectivity index (χ4v) is 3.28. The third-order valence-corrected chi connectivity index (χ3v) is 5.16. The van der Waals surface area contributed by atoms with Gasteiger partial charge in [0, 0.05) is 16.7 Å². The van der Waals surface area contributed by atoms with Gasteiger partial charge in [-0.1, -0.05) is 18.2 Å². The van der Waals surface area contributed by atoms with E-state index in [1.165, 1.54) is 6.26 Å². The maximum Gasteiger partial charge on any atom is 0.175 e. The lowest BCUT2D eigenvalue weighted by Gasteiger charge is -2.03. The number of benzene rings is 1. The van der Waals surface area contributed by atoms with Crippen LogP contribution < -0.4 is 0 Å². The molecule has 0 aliphatic rings. The lowest BCUT2D eigenvalue weighted by Crippen LogP contribution is -1.96. The number of rotatable bonds is 4. The molecule has 2 heterocycles. The van der Waals surface area contributed by atoms with Gasteiger partial charge < -0.3 is 0 Å². The minimum Gasteiger partial charge on any atom is -0.260 e. The molecule has 2 aromatic heterocycles. The predicted molar refractivity (Wildman–Crippen MR) is 93.8 cm³/mol. The largest absolute Gasteiger partial charge is 0.260 e. The Hall–Kier alpha value is -2.31. The Bertz CT molecular complexity index is 929. The fraction of sp³-hybridized carbons (Fsp3) is 0.0588. The normalized spacial score (nSPS) is 11.9. The molecule has 0 amide bonds. The highest BCUT2D eigenvalue weighted by molar-refractivity contribution is 7.90.